The largest absolute Gasteiger partial charge is 0.495 e. The maximum absolute atomic E-state index is 13.0. The predicted molar refractivity (Wildman–Crippen MR) is 52.3 cm³/mol. The average Bonchev–Trinajstić information content (AvgIpc) is 2.14. The van der Waals surface area contributed by atoms with Crippen LogP contribution in [0.15, 0.2) is 6.07 Å². The molecule has 0 unspecified atom stereocenters. The first-order valence-electron chi connectivity index (χ1n) is 4.17. The van der Waals surface area contributed by atoms with Gasteiger partial charge >= 0.3 is 0 Å². The highest BCUT2D eigenvalue weighted by Gasteiger charge is 2.18. The van der Waals surface area contributed by atoms with Gasteiger partial charge in [0.15, 0.2) is 11.6 Å². The maximum atomic E-state index is 13.0. The molecule has 0 fully saturated rings. The molecule has 0 atom stereocenters. The first-order chi connectivity index (χ1) is 6.97. The molecular weight excluding hydrogens is 226 g/mol. The lowest BCUT2D eigenvalue weighted by Crippen LogP contribution is -2.03. The summed E-state index contributed by atoms with van der Waals surface area (Å²) in [7, 11) is 1.28. The minimum absolute atomic E-state index is 0.00534. The molecule has 2 nitrogen and oxygen atoms in total. The van der Waals surface area contributed by atoms with Crippen LogP contribution in [-0.4, -0.2) is 12.9 Å². The van der Waals surface area contributed by atoms with E-state index in [0.717, 1.165) is 6.07 Å². The number of rotatable bonds is 3. The molecule has 1 rings (SSSR count). The van der Waals surface area contributed by atoms with Crippen molar-refractivity contribution in [3.8, 4) is 5.75 Å². The smallest absolute Gasteiger partial charge is 0.181 e. The Hall–Kier alpha value is -1.16. The highest BCUT2D eigenvalue weighted by molar-refractivity contribution is 6.32. The molecule has 0 aliphatic rings. The fourth-order valence-corrected chi connectivity index (χ4v) is 1.54. The second-order valence-electron chi connectivity index (χ2n) is 3.06. The average molecular weight is 235 g/mol. The van der Waals surface area contributed by atoms with Gasteiger partial charge < -0.3 is 4.74 Å². The molecule has 15 heavy (non-hydrogen) atoms. The summed E-state index contributed by atoms with van der Waals surface area (Å²) in [6, 6.07) is 0.918. The van der Waals surface area contributed by atoms with Crippen molar-refractivity contribution in [3.63, 3.8) is 0 Å². The lowest BCUT2D eigenvalue weighted by atomic mass is 10.1. The van der Waals surface area contributed by atoms with Crippen molar-refractivity contribution < 1.29 is 18.3 Å². The quantitative estimate of drug-likeness (QED) is 0.752. The second kappa shape index (κ2) is 4.57. The molecule has 0 aliphatic carbocycles. The van der Waals surface area contributed by atoms with Gasteiger partial charge in [-0.05, 0) is 13.0 Å². The zero-order chi connectivity index (χ0) is 11.6. The van der Waals surface area contributed by atoms with E-state index in [-0.39, 0.29) is 23.5 Å². The Bertz CT molecular complexity index is 405. The summed E-state index contributed by atoms with van der Waals surface area (Å²) in [6.07, 6.45) is -0.0416. The second-order valence-corrected chi connectivity index (χ2v) is 3.44. The Morgan fingerprint density at radius 3 is 2.60 bits per heavy atom. The fraction of sp³-hybridized carbons (Fsp3) is 0.300. The number of halogens is 3. The minimum Gasteiger partial charge on any atom is -0.495 e. The van der Waals surface area contributed by atoms with Crippen molar-refractivity contribution in [1.29, 1.82) is 0 Å². The molecule has 1 aromatic rings. The van der Waals surface area contributed by atoms with E-state index < -0.39 is 16.7 Å². The van der Waals surface area contributed by atoms with Crippen molar-refractivity contribution in [2.45, 2.75) is 13.3 Å². The van der Waals surface area contributed by atoms with E-state index in [1.165, 1.54) is 14.0 Å². The normalized spacial score (nSPS) is 10.2. The number of ether oxygens (including phenoxy) is 1. The maximum Gasteiger partial charge on any atom is 0.181 e. The van der Waals surface area contributed by atoms with E-state index in [1.807, 2.05) is 0 Å². The molecule has 0 N–H and O–H groups in total. The van der Waals surface area contributed by atoms with Gasteiger partial charge in [0.05, 0.1) is 7.11 Å². The number of carbonyl (C=O) groups excluding carboxylic acids is 1. The molecule has 0 amide bonds. The monoisotopic (exact) mass is 234 g/mol. The third-order valence-electron chi connectivity index (χ3n) is 1.84. The topological polar surface area (TPSA) is 26.3 Å². The number of hydrogen-bond donors (Lipinski definition) is 0. The van der Waals surface area contributed by atoms with Gasteiger partial charge in [-0.25, -0.2) is 8.78 Å². The van der Waals surface area contributed by atoms with Crippen LogP contribution >= 0.6 is 11.6 Å². The van der Waals surface area contributed by atoms with E-state index in [1.54, 1.807) is 0 Å². The van der Waals surface area contributed by atoms with Gasteiger partial charge in [-0.1, -0.05) is 11.6 Å². The predicted octanol–water partition coefficient (Wildman–Crippen LogP) is 2.76. The standard InChI is InChI=1S/C10H9ClF2O2/c1-5(14)3-6-4-7(12)9(13)8(11)10(6)15-2/h4H,3H2,1-2H3. The number of benzene rings is 1. The van der Waals surface area contributed by atoms with Crippen LogP contribution in [-0.2, 0) is 11.2 Å². The SMILES string of the molecule is COc1c(CC(C)=O)cc(F)c(F)c1Cl. The highest BCUT2D eigenvalue weighted by atomic mass is 35.5. The van der Waals surface area contributed by atoms with Crippen LogP contribution in [0.3, 0.4) is 0 Å². The van der Waals surface area contributed by atoms with Gasteiger partial charge in [0.2, 0.25) is 0 Å². The molecule has 1 aromatic carbocycles. The first-order valence-corrected chi connectivity index (χ1v) is 4.55. The van der Waals surface area contributed by atoms with E-state index in [2.05, 4.69) is 0 Å². The Labute approximate surface area is 90.8 Å². The lowest BCUT2D eigenvalue weighted by molar-refractivity contribution is -0.116. The van der Waals surface area contributed by atoms with Crippen molar-refractivity contribution in [3.05, 3.63) is 28.3 Å². The van der Waals surface area contributed by atoms with Crippen molar-refractivity contribution in [2.75, 3.05) is 7.11 Å². The molecule has 82 valence electrons. The molecule has 0 saturated heterocycles. The van der Waals surface area contributed by atoms with Crippen molar-refractivity contribution in [1.82, 2.24) is 0 Å². The third kappa shape index (κ3) is 2.45. The van der Waals surface area contributed by atoms with Gasteiger partial charge in [0.1, 0.15) is 16.6 Å². The van der Waals surface area contributed by atoms with Gasteiger partial charge in [-0.3, -0.25) is 4.79 Å². The zero-order valence-corrected chi connectivity index (χ0v) is 8.99. The van der Waals surface area contributed by atoms with Crippen LogP contribution in [0.1, 0.15) is 12.5 Å². The number of Topliss-reactive ketones (excluding diaryl/α,β-unsaturated/α-hetero) is 1. The van der Waals surface area contributed by atoms with E-state index in [4.69, 9.17) is 16.3 Å². The molecule has 0 aromatic heterocycles. The highest BCUT2D eigenvalue weighted by Crippen LogP contribution is 2.33. The molecular formula is C10H9ClF2O2. The van der Waals surface area contributed by atoms with Crippen molar-refractivity contribution >= 4 is 17.4 Å². The fourth-order valence-electron chi connectivity index (χ4n) is 1.25. The Balaban J connectivity index is 3.31. The zero-order valence-electron chi connectivity index (χ0n) is 8.23. The van der Waals surface area contributed by atoms with Crippen LogP contribution < -0.4 is 4.74 Å². The molecule has 0 heterocycles. The number of hydrogen-bond acceptors (Lipinski definition) is 2. The molecule has 0 saturated carbocycles. The van der Waals surface area contributed by atoms with Gasteiger partial charge in [-0.2, -0.15) is 0 Å². The van der Waals surface area contributed by atoms with Crippen LogP contribution in [0.5, 0.6) is 5.75 Å². The summed E-state index contributed by atoms with van der Waals surface area (Å²) in [6.45, 7) is 1.34. The minimum atomic E-state index is -1.17. The lowest BCUT2D eigenvalue weighted by Gasteiger charge is -2.10. The summed E-state index contributed by atoms with van der Waals surface area (Å²) in [5, 5.41) is -0.436. The van der Waals surface area contributed by atoms with Crippen LogP contribution in [0.25, 0.3) is 0 Å². The summed E-state index contributed by atoms with van der Waals surface area (Å²) in [4.78, 5) is 10.9. The van der Waals surface area contributed by atoms with E-state index in [9.17, 15) is 13.6 Å². The number of carbonyl (C=O) groups is 1. The summed E-state index contributed by atoms with van der Waals surface area (Å²) in [5.74, 6) is -2.43. The van der Waals surface area contributed by atoms with Gasteiger partial charge in [-0.15, -0.1) is 0 Å². The van der Waals surface area contributed by atoms with Gasteiger partial charge in [0, 0.05) is 12.0 Å². The number of ketones is 1. The van der Waals surface area contributed by atoms with E-state index in [0.29, 0.717) is 0 Å². The third-order valence-corrected chi connectivity index (χ3v) is 2.18. The van der Waals surface area contributed by atoms with Crippen LogP contribution in [0.2, 0.25) is 5.02 Å². The molecule has 0 radical (unpaired) electrons. The van der Waals surface area contributed by atoms with Crippen LogP contribution in [0.4, 0.5) is 8.78 Å². The molecule has 0 bridgehead atoms. The first kappa shape index (κ1) is 11.9. The van der Waals surface area contributed by atoms with Crippen LogP contribution in [0, 0.1) is 11.6 Å². The summed E-state index contributed by atoms with van der Waals surface area (Å²) in [5.41, 5.74) is 0.244. The molecule has 0 aliphatic heterocycles. The molecule has 0 spiro atoms. The van der Waals surface area contributed by atoms with Crippen molar-refractivity contribution in [2.24, 2.45) is 0 Å². The molecule has 5 heteroatoms. The summed E-state index contributed by atoms with van der Waals surface area (Å²) < 4.78 is 30.8. The Morgan fingerprint density at radius 2 is 2.13 bits per heavy atom. The summed E-state index contributed by atoms with van der Waals surface area (Å²) >= 11 is 5.54. The van der Waals surface area contributed by atoms with E-state index >= 15 is 0 Å². The Kier molecular flexibility index (Phi) is 3.63. The Morgan fingerprint density at radius 1 is 1.53 bits per heavy atom. The van der Waals surface area contributed by atoms with Gasteiger partial charge in [0.25, 0.3) is 0 Å². The number of methoxy groups -OCH3 is 1.